The topological polar surface area (TPSA) is 91.4 Å². The lowest BCUT2D eigenvalue weighted by Gasteiger charge is -2.38. The molecule has 1 N–H and O–H groups in total. The van der Waals surface area contributed by atoms with Crippen LogP contribution >= 0.6 is 0 Å². The number of esters is 1. The Balaban J connectivity index is 1.71. The number of hydrogen-bond acceptors (Lipinski definition) is 6. The molecule has 2 aliphatic rings. The van der Waals surface area contributed by atoms with E-state index in [4.69, 9.17) is 9.47 Å². The van der Waals surface area contributed by atoms with E-state index in [0.29, 0.717) is 60.9 Å². The van der Waals surface area contributed by atoms with Crippen LogP contribution in [0.25, 0.3) is 0 Å². The minimum atomic E-state index is -0.730. The summed E-state index contributed by atoms with van der Waals surface area (Å²) in [5, 5.41) is 3.01. The molecule has 1 atom stereocenters. The van der Waals surface area contributed by atoms with Gasteiger partial charge in [-0.1, -0.05) is 43.3 Å². The number of benzene rings is 2. The zero-order valence-electron chi connectivity index (χ0n) is 23.3. The van der Waals surface area contributed by atoms with Gasteiger partial charge in [-0.25, -0.2) is 9.59 Å². The Morgan fingerprint density at radius 2 is 1.80 bits per heavy atom. The summed E-state index contributed by atoms with van der Waals surface area (Å²) in [6, 6.07) is 15.7. The smallest absolute Gasteiger partial charge is 0.338 e. The molecule has 3 amide bonds. The maximum atomic E-state index is 13.5. The van der Waals surface area contributed by atoms with Crippen LogP contribution in [-0.4, -0.2) is 78.5 Å². The molecular formula is C31H38N4O5. The van der Waals surface area contributed by atoms with Crippen molar-refractivity contribution in [3.8, 4) is 11.5 Å². The number of amides is 3. The lowest BCUT2D eigenvalue weighted by atomic mass is 9.94. The zero-order chi connectivity index (χ0) is 28.5. The average molecular weight is 547 g/mol. The lowest BCUT2D eigenvalue weighted by molar-refractivity contribution is -0.139. The van der Waals surface area contributed by atoms with Gasteiger partial charge in [0.05, 0.1) is 18.2 Å². The molecule has 2 aliphatic heterocycles. The summed E-state index contributed by atoms with van der Waals surface area (Å²) in [5.41, 5.74) is 1.67. The van der Waals surface area contributed by atoms with Gasteiger partial charge in [0.15, 0.2) is 0 Å². The first-order valence-corrected chi connectivity index (χ1v) is 13.9. The van der Waals surface area contributed by atoms with E-state index in [9.17, 15) is 14.4 Å². The first-order valence-electron chi connectivity index (χ1n) is 13.9. The van der Waals surface area contributed by atoms with Crippen LogP contribution in [0.3, 0.4) is 0 Å². The third kappa shape index (κ3) is 6.90. The van der Waals surface area contributed by atoms with Gasteiger partial charge in [0.2, 0.25) is 5.91 Å². The van der Waals surface area contributed by atoms with Crippen LogP contribution < -0.4 is 10.1 Å². The van der Waals surface area contributed by atoms with Gasteiger partial charge in [-0.15, -0.1) is 6.58 Å². The van der Waals surface area contributed by atoms with Crippen LogP contribution in [0.1, 0.15) is 38.3 Å². The molecule has 0 spiro atoms. The van der Waals surface area contributed by atoms with Crippen LogP contribution in [0.4, 0.5) is 4.79 Å². The van der Waals surface area contributed by atoms with Crippen molar-refractivity contribution in [2.45, 2.75) is 32.7 Å². The first-order chi connectivity index (χ1) is 19.4. The number of carbonyl (C=O) groups is 3. The molecule has 0 aromatic heterocycles. The van der Waals surface area contributed by atoms with Crippen molar-refractivity contribution < 1.29 is 23.9 Å². The summed E-state index contributed by atoms with van der Waals surface area (Å²) >= 11 is 0. The monoisotopic (exact) mass is 546 g/mol. The molecule has 0 radical (unpaired) electrons. The summed E-state index contributed by atoms with van der Waals surface area (Å²) in [4.78, 5) is 44.9. The van der Waals surface area contributed by atoms with Crippen molar-refractivity contribution in [2.24, 2.45) is 0 Å². The molecule has 2 aromatic carbocycles. The molecule has 9 heteroatoms. The average Bonchev–Trinajstić information content (AvgIpc) is 3.20. The van der Waals surface area contributed by atoms with Crippen LogP contribution in [0, 0.1) is 0 Å². The second kappa shape index (κ2) is 13.8. The summed E-state index contributed by atoms with van der Waals surface area (Å²) < 4.78 is 11.6. The van der Waals surface area contributed by atoms with Crippen molar-refractivity contribution in [3.05, 3.63) is 84.1 Å². The van der Waals surface area contributed by atoms with Gasteiger partial charge in [-0.3, -0.25) is 14.6 Å². The highest BCUT2D eigenvalue weighted by atomic mass is 16.5. The van der Waals surface area contributed by atoms with Crippen LogP contribution in [0.2, 0.25) is 0 Å². The Morgan fingerprint density at radius 1 is 1.02 bits per heavy atom. The maximum absolute atomic E-state index is 13.5. The quantitative estimate of drug-likeness (QED) is 0.349. The third-order valence-electron chi connectivity index (χ3n) is 7.03. The summed E-state index contributed by atoms with van der Waals surface area (Å²) in [6.07, 6.45) is 2.92. The number of nitrogens with zero attached hydrogens (tertiary/aromatic N) is 3. The van der Waals surface area contributed by atoms with Crippen molar-refractivity contribution in [3.63, 3.8) is 0 Å². The van der Waals surface area contributed by atoms with Crippen LogP contribution in [-0.2, 0) is 14.3 Å². The molecule has 212 valence electrons. The van der Waals surface area contributed by atoms with E-state index in [1.807, 2.05) is 66.4 Å². The predicted molar refractivity (Wildman–Crippen MR) is 153 cm³/mol. The lowest BCUT2D eigenvalue weighted by Crippen LogP contribution is -2.51. The van der Waals surface area contributed by atoms with Gasteiger partial charge >= 0.3 is 12.0 Å². The van der Waals surface area contributed by atoms with Gasteiger partial charge in [-0.05, 0) is 43.2 Å². The number of carbonyl (C=O) groups excluding carboxylic acids is 3. The van der Waals surface area contributed by atoms with Gasteiger partial charge in [0, 0.05) is 51.4 Å². The number of hydrogen-bond donors (Lipinski definition) is 1. The molecule has 9 nitrogen and oxygen atoms in total. The highest BCUT2D eigenvalue weighted by Gasteiger charge is 2.38. The van der Waals surface area contributed by atoms with Crippen LogP contribution in [0.5, 0.6) is 11.5 Å². The Bertz CT molecular complexity index is 1250. The van der Waals surface area contributed by atoms with E-state index >= 15 is 0 Å². The molecule has 1 unspecified atom stereocenters. The molecule has 1 fully saturated rings. The number of urea groups is 1. The SMILES string of the molecule is C=CCN1C(=O)NC(c2cccc(Oc3ccccc3)c2)C(C(=O)OCC)=C1CN1CCCN(C(=O)CC)CC1. The number of rotatable bonds is 10. The van der Waals surface area contributed by atoms with E-state index < -0.39 is 12.0 Å². The normalized spacial score (nSPS) is 18.1. The Kier molecular flexibility index (Phi) is 9.96. The highest BCUT2D eigenvalue weighted by molar-refractivity contribution is 5.95. The molecule has 0 bridgehead atoms. The summed E-state index contributed by atoms with van der Waals surface area (Å²) in [5.74, 6) is 0.923. The number of nitrogens with one attached hydrogen (secondary N) is 1. The molecule has 1 saturated heterocycles. The summed E-state index contributed by atoms with van der Waals surface area (Å²) in [6.45, 7) is 10.9. The Morgan fingerprint density at radius 3 is 2.52 bits per heavy atom. The Labute approximate surface area is 236 Å². The molecular weight excluding hydrogens is 508 g/mol. The zero-order valence-corrected chi connectivity index (χ0v) is 23.3. The number of ether oxygens (including phenoxy) is 2. The van der Waals surface area contributed by atoms with Crippen LogP contribution in [0.15, 0.2) is 78.5 Å². The molecule has 2 heterocycles. The van der Waals surface area contributed by atoms with E-state index in [1.54, 1.807) is 17.9 Å². The van der Waals surface area contributed by atoms with Crippen molar-refractivity contribution in [1.82, 2.24) is 20.0 Å². The number of para-hydroxylation sites is 1. The standard InChI is InChI=1S/C31H38N4O5/c1-4-16-35-26(22-33-17-11-18-34(20-19-33)27(36)5-2)28(30(37)39-6-3)29(32-31(35)38)23-12-10-15-25(21-23)40-24-13-8-7-9-14-24/h4,7-10,12-15,21,29H,1,5-6,11,16-20,22H2,2-3H3,(H,32,38). The molecule has 2 aromatic rings. The minimum absolute atomic E-state index is 0.135. The minimum Gasteiger partial charge on any atom is -0.463 e. The fourth-order valence-corrected chi connectivity index (χ4v) is 5.09. The van der Waals surface area contributed by atoms with Crippen molar-refractivity contribution >= 4 is 17.9 Å². The van der Waals surface area contributed by atoms with Gasteiger partial charge in [0.1, 0.15) is 11.5 Å². The first kappa shape index (κ1) is 28.9. The van der Waals surface area contributed by atoms with Gasteiger partial charge < -0.3 is 19.7 Å². The van der Waals surface area contributed by atoms with E-state index in [0.717, 1.165) is 13.0 Å². The summed E-state index contributed by atoms with van der Waals surface area (Å²) in [7, 11) is 0. The molecule has 0 saturated carbocycles. The second-order valence-corrected chi connectivity index (χ2v) is 9.71. The van der Waals surface area contributed by atoms with Gasteiger partial charge in [-0.2, -0.15) is 0 Å². The second-order valence-electron chi connectivity index (χ2n) is 9.71. The molecule has 0 aliphatic carbocycles. The fourth-order valence-electron chi connectivity index (χ4n) is 5.09. The van der Waals surface area contributed by atoms with E-state index in [2.05, 4.69) is 16.8 Å². The fraction of sp³-hybridized carbons (Fsp3) is 0.387. The highest BCUT2D eigenvalue weighted by Crippen LogP contribution is 2.34. The molecule has 40 heavy (non-hydrogen) atoms. The van der Waals surface area contributed by atoms with Gasteiger partial charge in [0.25, 0.3) is 0 Å². The van der Waals surface area contributed by atoms with E-state index in [-0.39, 0.29) is 25.1 Å². The van der Waals surface area contributed by atoms with Crippen molar-refractivity contribution in [2.75, 3.05) is 45.9 Å². The third-order valence-corrected chi connectivity index (χ3v) is 7.03. The predicted octanol–water partition coefficient (Wildman–Crippen LogP) is 4.49. The maximum Gasteiger partial charge on any atom is 0.338 e. The van der Waals surface area contributed by atoms with Crippen molar-refractivity contribution in [1.29, 1.82) is 0 Å². The van der Waals surface area contributed by atoms with E-state index in [1.165, 1.54) is 0 Å². The largest absolute Gasteiger partial charge is 0.463 e. The Hall–Kier alpha value is -4.11. The molecule has 4 rings (SSSR count).